The Hall–Kier alpha value is -2.00. The minimum atomic E-state index is -4.11. The Labute approximate surface area is 186 Å². The molecule has 0 aromatic heterocycles. The Morgan fingerprint density at radius 1 is 0.800 bits per heavy atom. The van der Waals surface area contributed by atoms with Gasteiger partial charge >= 0.3 is 0 Å². The maximum absolute atomic E-state index is 14.1. The number of halogens is 1. The lowest BCUT2D eigenvalue weighted by atomic mass is 10.2. The number of hydrogen-bond donors (Lipinski definition) is 0. The average molecular weight is 505 g/mol. The molecule has 3 aromatic carbocycles. The van der Waals surface area contributed by atoms with Gasteiger partial charge in [0, 0.05) is 11.0 Å². The molecule has 0 N–H and O–H groups in total. The Morgan fingerprint density at radius 2 is 1.30 bits per heavy atom. The molecule has 30 heavy (non-hydrogen) atoms. The maximum Gasteiger partial charge on any atom is 0.291 e. The normalized spacial score (nSPS) is 20.4. The van der Waals surface area contributed by atoms with Crippen molar-refractivity contribution in [2.24, 2.45) is 3.77 Å². The zero-order valence-corrected chi connectivity index (χ0v) is 19.7. The van der Waals surface area contributed by atoms with Gasteiger partial charge in [0.15, 0.2) is 9.92 Å². The Kier molecular flexibility index (Phi) is 5.61. The van der Waals surface area contributed by atoms with Crippen LogP contribution in [0.5, 0.6) is 0 Å². The van der Waals surface area contributed by atoms with E-state index in [4.69, 9.17) is 0 Å². The van der Waals surface area contributed by atoms with Gasteiger partial charge in [0.1, 0.15) is 0 Å². The minimum Gasteiger partial charge on any atom is -0.227 e. The third-order valence-electron chi connectivity index (χ3n) is 4.99. The fourth-order valence-electron chi connectivity index (χ4n) is 3.18. The third kappa shape index (κ3) is 4.23. The lowest BCUT2D eigenvalue weighted by Gasteiger charge is -2.13. The van der Waals surface area contributed by atoms with E-state index in [9.17, 15) is 12.6 Å². The van der Waals surface area contributed by atoms with Gasteiger partial charge in [0.25, 0.3) is 10.0 Å². The maximum atomic E-state index is 14.1. The van der Waals surface area contributed by atoms with Gasteiger partial charge in [0.05, 0.1) is 15.8 Å². The van der Waals surface area contributed by atoms with Crippen molar-refractivity contribution in [1.29, 1.82) is 0 Å². The van der Waals surface area contributed by atoms with Crippen LogP contribution in [0.1, 0.15) is 22.7 Å². The van der Waals surface area contributed by atoms with Crippen LogP contribution < -0.4 is 0 Å². The van der Waals surface area contributed by atoms with Crippen molar-refractivity contribution in [3.8, 4) is 0 Å². The van der Waals surface area contributed by atoms with E-state index >= 15 is 0 Å². The molecular formula is C22H21BrN2O3S2. The van der Waals surface area contributed by atoms with Crippen LogP contribution >= 0.6 is 15.9 Å². The summed E-state index contributed by atoms with van der Waals surface area (Å²) in [4.78, 5) is 0.429. The Morgan fingerprint density at radius 3 is 1.83 bits per heavy atom. The number of aryl methyl sites for hydroxylation is 2. The highest BCUT2D eigenvalue weighted by Gasteiger charge is 2.45. The first-order chi connectivity index (χ1) is 14.2. The van der Waals surface area contributed by atoms with Crippen LogP contribution in [0.4, 0.5) is 0 Å². The van der Waals surface area contributed by atoms with E-state index in [1.54, 1.807) is 28.6 Å². The van der Waals surface area contributed by atoms with Crippen molar-refractivity contribution >= 4 is 35.9 Å². The molecule has 1 aliphatic rings. The van der Waals surface area contributed by atoms with Crippen molar-refractivity contribution in [2.75, 3.05) is 6.54 Å². The summed E-state index contributed by atoms with van der Waals surface area (Å²) >= 11 is 3.42. The molecule has 4 rings (SSSR count). The van der Waals surface area contributed by atoms with E-state index in [0.29, 0.717) is 11.4 Å². The summed E-state index contributed by atoms with van der Waals surface area (Å²) in [6, 6.07) is 21.0. The number of benzene rings is 3. The van der Waals surface area contributed by atoms with E-state index < -0.39 is 19.9 Å². The molecular weight excluding hydrogens is 484 g/mol. The number of rotatable bonds is 5. The molecule has 1 aliphatic heterocycles. The number of hydrogen-bond acceptors (Lipinski definition) is 3. The number of sulfonamides is 1. The van der Waals surface area contributed by atoms with E-state index in [2.05, 4.69) is 19.7 Å². The summed E-state index contributed by atoms with van der Waals surface area (Å²) in [6.45, 7) is 4.27. The standard InChI is InChI=1S/C22H21BrN2O3S2/c1-16-3-11-20(12-4-16)29(26,24-30(27,28)21-13-5-17(2)6-14-21)25-15-22(25)18-7-9-19(23)10-8-18/h3-14,22H,15H2,1-2H3/t22?,25?,29-/m1/s1. The first-order valence-electron chi connectivity index (χ1n) is 9.38. The highest BCUT2D eigenvalue weighted by molar-refractivity contribution is 9.10. The summed E-state index contributed by atoms with van der Waals surface area (Å²) in [5.41, 5.74) is 2.91. The van der Waals surface area contributed by atoms with Gasteiger partial charge in [-0.05, 0) is 55.8 Å². The van der Waals surface area contributed by atoms with E-state index in [-0.39, 0.29) is 10.9 Å². The van der Waals surface area contributed by atoms with Crippen LogP contribution in [-0.2, 0) is 19.9 Å². The average Bonchev–Trinajstić information content (AvgIpc) is 3.50. The molecule has 156 valence electrons. The highest BCUT2D eigenvalue weighted by Crippen LogP contribution is 2.42. The molecule has 1 saturated heterocycles. The molecule has 0 spiro atoms. The second-order valence-electron chi connectivity index (χ2n) is 7.34. The van der Waals surface area contributed by atoms with Crippen LogP contribution in [0.15, 0.2) is 90.8 Å². The van der Waals surface area contributed by atoms with Crippen molar-refractivity contribution < 1.29 is 12.6 Å². The molecule has 0 saturated carbocycles. The van der Waals surface area contributed by atoms with Gasteiger partial charge in [-0.25, -0.2) is 8.51 Å². The molecule has 0 bridgehead atoms. The second kappa shape index (κ2) is 7.92. The predicted octanol–water partition coefficient (Wildman–Crippen LogP) is 5.25. The zero-order chi connectivity index (χ0) is 21.5. The van der Waals surface area contributed by atoms with E-state index in [0.717, 1.165) is 21.2 Å². The lowest BCUT2D eigenvalue weighted by molar-refractivity contribution is 0.596. The van der Waals surface area contributed by atoms with Gasteiger partial charge in [-0.15, -0.1) is 0 Å². The predicted molar refractivity (Wildman–Crippen MR) is 122 cm³/mol. The van der Waals surface area contributed by atoms with Crippen molar-refractivity contribution in [3.05, 3.63) is 94.0 Å². The molecule has 0 amide bonds. The zero-order valence-electron chi connectivity index (χ0n) is 16.5. The summed E-state index contributed by atoms with van der Waals surface area (Å²) in [5.74, 6) is 0. The second-order valence-corrected chi connectivity index (χ2v) is 12.2. The third-order valence-corrected chi connectivity index (χ3v) is 9.90. The quantitative estimate of drug-likeness (QED) is 0.445. The fourth-order valence-corrected chi connectivity index (χ4v) is 7.59. The first kappa shape index (κ1) is 21.2. The van der Waals surface area contributed by atoms with E-state index in [1.807, 2.05) is 50.2 Å². The Bertz CT molecular complexity index is 1290. The molecule has 3 atom stereocenters. The smallest absolute Gasteiger partial charge is 0.227 e. The number of nitrogens with zero attached hydrogens (tertiary/aromatic N) is 2. The molecule has 0 aliphatic carbocycles. The van der Waals surface area contributed by atoms with Gasteiger partial charge in [-0.3, -0.25) is 0 Å². The highest BCUT2D eigenvalue weighted by atomic mass is 79.9. The van der Waals surface area contributed by atoms with E-state index in [1.165, 1.54) is 12.1 Å². The molecule has 2 unspecified atom stereocenters. The molecule has 1 heterocycles. The molecule has 5 nitrogen and oxygen atoms in total. The van der Waals surface area contributed by atoms with Crippen molar-refractivity contribution in [3.63, 3.8) is 0 Å². The molecule has 8 heteroatoms. The van der Waals surface area contributed by atoms with Crippen LogP contribution in [0.25, 0.3) is 0 Å². The molecule has 0 radical (unpaired) electrons. The molecule has 1 fully saturated rings. The summed E-state index contributed by atoms with van der Waals surface area (Å²) in [6.07, 6.45) is 0. The van der Waals surface area contributed by atoms with Crippen LogP contribution in [0.2, 0.25) is 0 Å². The monoisotopic (exact) mass is 504 g/mol. The summed E-state index contributed by atoms with van der Waals surface area (Å²) in [5, 5.41) is 0. The van der Waals surface area contributed by atoms with Crippen molar-refractivity contribution in [1.82, 2.24) is 4.31 Å². The first-order valence-corrected chi connectivity index (χ1v) is 13.1. The fraction of sp³-hybridized carbons (Fsp3) is 0.182. The van der Waals surface area contributed by atoms with Crippen LogP contribution in [-0.4, -0.2) is 23.5 Å². The summed E-state index contributed by atoms with van der Waals surface area (Å²) < 4.78 is 46.8. The van der Waals surface area contributed by atoms with Gasteiger partial charge in [-0.1, -0.05) is 67.2 Å². The topological polar surface area (TPSA) is 66.6 Å². The van der Waals surface area contributed by atoms with Gasteiger partial charge in [0.2, 0.25) is 0 Å². The van der Waals surface area contributed by atoms with Crippen LogP contribution in [0.3, 0.4) is 0 Å². The minimum absolute atomic E-state index is 0.0370. The molecule has 3 aromatic rings. The SMILES string of the molecule is Cc1ccc(S(=O)(=O)N=[S@](=O)(c2ccc(C)cc2)N2CC2c2ccc(Br)cc2)cc1. The van der Waals surface area contributed by atoms with Crippen molar-refractivity contribution in [2.45, 2.75) is 29.7 Å². The van der Waals surface area contributed by atoms with Gasteiger partial charge < -0.3 is 0 Å². The largest absolute Gasteiger partial charge is 0.291 e. The lowest BCUT2D eigenvalue weighted by Crippen LogP contribution is -2.15. The van der Waals surface area contributed by atoms with Crippen LogP contribution in [0, 0.1) is 13.8 Å². The van der Waals surface area contributed by atoms with Gasteiger partial charge in [-0.2, -0.15) is 8.42 Å². The summed E-state index contributed by atoms with van der Waals surface area (Å²) in [7, 11) is -7.46. The Balaban J connectivity index is 1.82.